The number of nitrogens with one attached hydrogen (secondary N) is 1. The molecule has 0 aromatic carbocycles. The second-order valence-electron chi connectivity index (χ2n) is 3.10. The zero-order valence-electron chi connectivity index (χ0n) is 9.01. The number of methoxy groups -OCH3 is 1. The van der Waals surface area contributed by atoms with Crippen LogP contribution >= 0.6 is 11.6 Å². The van der Waals surface area contributed by atoms with Crippen LogP contribution in [0.25, 0.3) is 0 Å². The fraction of sp³-hybridized carbons (Fsp3) is 0.300. The van der Waals surface area contributed by atoms with Gasteiger partial charge in [0.25, 0.3) is 5.91 Å². The van der Waals surface area contributed by atoms with E-state index in [1.807, 2.05) is 0 Å². The Balaban J connectivity index is 2.71. The summed E-state index contributed by atoms with van der Waals surface area (Å²) in [6, 6.07) is 1.81. The smallest absolute Gasteiger partial charge is 0.330 e. The molecule has 0 saturated carbocycles. The molecule has 1 heterocycles. The summed E-state index contributed by atoms with van der Waals surface area (Å²) in [7, 11) is 1.17. The lowest BCUT2D eigenvalue weighted by molar-refractivity contribution is -0.143. The minimum atomic E-state index is -1.09. The highest BCUT2D eigenvalue weighted by atomic mass is 35.5. The van der Waals surface area contributed by atoms with Crippen LogP contribution in [0.2, 0.25) is 5.15 Å². The lowest BCUT2D eigenvalue weighted by Crippen LogP contribution is -2.44. The Morgan fingerprint density at radius 1 is 1.59 bits per heavy atom. The number of hydrogen-bond donors (Lipinski definition) is 2. The largest absolute Gasteiger partial charge is 0.467 e. The van der Waals surface area contributed by atoms with Gasteiger partial charge < -0.3 is 15.2 Å². The molecule has 1 rings (SSSR count). The van der Waals surface area contributed by atoms with Crippen LogP contribution in [-0.2, 0) is 9.53 Å². The molecule has 2 N–H and O–H groups in total. The van der Waals surface area contributed by atoms with Crippen molar-refractivity contribution in [2.75, 3.05) is 13.7 Å². The van der Waals surface area contributed by atoms with Gasteiger partial charge in [0, 0.05) is 6.20 Å². The minimum absolute atomic E-state index is 0.233. The number of nitrogens with zero attached hydrogens (tertiary/aromatic N) is 1. The van der Waals surface area contributed by atoms with Crippen LogP contribution in [0.1, 0.15) is 10.4 Å². The molecule has 92 valence electrons. The number of pyridine rings is 1. The Bertz CT molecular complexity index is 407. The second-order valence-corrected chi connectivity index (χ2v) is 3.49. The third-order valence-corrected chi connectivity index (χ3v) is 2.19. The highest BCUT2D eigenvalue weighted by Gasteiger charge is 2.21. The molecule has 0 saturated heterocycles. The van der Waals surface area contributed by atoms with Crippen LogP contribution in [0.4, 0.5) is 0 Å². The Morgan fingerprint density at radius 3 is 2.76 bits per heavy atom. The van der Waals surface area contributed by atoms with Crippen molar-refractivity contribution in [3.05, 3.63) is 29.0 Å². The van der Waals surface area contributed by atoms with Gasteiger partial charge >= 0.3 is 5.97 Å². The first kappa shape index (κ1) is 13.4. The summed E-state index contributed by atoms with van der Waals surface area (Å²) in [5.74, 6) is -1.26. The molecule has 0 spiro atoms. The molecule has 1 aromatic heterocycles. The van der Waals surface area contributed by atoms with Gasteiger partial charge in [0.2, 0.25) is 0 Å². The molecule has 0 bridgehead atoms. The summed E-state index contributed by atoms with van der Waals surface area (Å²) in [5, 5.41) is 11.5. The first-order valence-electron chi connectivity index (χ1n) is 4.69. The van der Waals surface area contributed by atoms with Crippen molar-refractivity contribution in [1.29, 1.82) is 0 Å². The second kappa shape index (κ2) is 6.17. The van der Waals surface area contributed by atoms with Crippen LogP contribution in [0.15, 0.2) is 18.3 Å². The number of carbonyl (C=O) groups is 2. The number of aliphatic hydroxyl groups is 1. The fourth-order valence-corrected chi connectivity index (χ4v) is 1.18. The van der Waals surface area contributed by atoms with Gasteiger partial charge in [0.1, 0.15) is 5.15 Å². The number of esters is 1. The molecular formula is C10H11ClN2O4. The van der Waals surface area contributed by atoms with Crippen molar-refractivity contribution in [1.82, 2.24) is 10.3 Å². The molecular weight excluding hydrogens is 248 g/mol. The van der Waals surface area contributed by atoms with Gasteiger partial charge in [0.05, 0.1) is 19.3 Å². The van der Waals surface area contributed by atoms with E-state index in [4.69, 9.17) is 16.7 Å². The van der Waals surface area contributed by atoms with Gasteiger partial charge in [-0.15, -0.1) is 0 Å². The molecule has 6 nitrogen and oxygen atoms in total. The van der Waals surface area contributed by atoms with Gasteiger partial charge in [0.15, 0.2) is 6.04 Å². The molecule has 7 heteroatoms. The van der Waals surface area contributed by atoms with Gasteiger partial charge in [-0.05, 0) is 12.1 Å². The van der Waals surface area contributed by atoms with Crippen LogP contribution in [0.5, 0.6) is 0 Å². The number of carbonyl (C=O) groups excluding carboxylic acids is 2. The summed E-state index contributed by atoms with van der Waals surface area (Å²) in [6.07, 6.45) is 1.27. The van der Waals surface area contributed by atoms with E-state index in [0.717, 1.165) is 0 Å². The van der Waals surface area contributed by atoms with E-state index in [2.05, 4.69) is 15.0 Å². The molecule has 0 unspecified atom stereocenters. The van der Waals surface area contributed by atoms with Gasteiger partial charge in [-0.1, -0.05) is 11.6 Å². The van der Waals surface area contributed by atoms with Crippen molar-refractivity contribution in [2.24, 2.45) is 0 Å². The molecule has 1 aromatic rings. The minimum Gasteiger partial charge on any atom is -0.467 e. The standard InChI is InChI=1S/C10H11ClN2O4/c1-17-10(16)7(5-14)13-9(15)6-2-3-8(11)12-4-6/h2-4,7,14H,5H2,1H3,(H,13,15)/t7-/m0/s1. The molecule has 0 fully saturated rings. The van der Waals surface area contributed by atoms with Crippen molar-refractivity contribution < 1.29 is 19.4 Å². The van der Waals surface area contributed by atoms with Crippen LogP contribution in [-0.4, -0.2) is 41.7 Å². The lowest BCUT2D eigenvalue weighted by Gasteiger charge is -2.13. The average molecular weight is 259 g/mol. The van der Waals surface area contributed by atoms with Crippen molar-refractivity contribution >= 4 is 23.5 Å². The maximum absolute atomic E-state index is 11.6. The number of hydrogen-bond acceptors (Lipinski definition) is 5. The summed E-state index contributed by atoms with van der Waals surface area (Å²) >= 11 is 5.57. The van der Waals surface area contributed by atoms with E-state index in [-0.39, 0.29) is 10.7 Å². The zero-order valence-corrected chi connectivity index (χ0v) is 9.77. The van der Waals surface area contributed by atoms with Crippen molar-refractivity contribution in [2.45, 2.75) is 6.04 Å². The predicted octanol–water partition coefficient (Wildman–Crippen LogP) is -0.00130. The van der Waals surface area contributed by atoms with Crippen LogP contribution in [0, 0.1) is 0 Å². The summed E-state index contributed by atoms with van der Waals surface area (Å²) in [6.45, 7) is -0.542. The number of amides is 1. The predicted molar refractivity (Wildman–Crippen MR) is 59.6 cm³/mol. The monoisotopic (exact) mass is 258 g/mol. The van der Waals surface area contributed by atoms with Gasteiger partial charge in [-0.25, -0.2) is 9.78 Å². The number of rotatable bonds is 4. The van der Waals surface area contributed by atoms with Gasteiger partial charge in [-0.3, -0.25) is 4.79 Å². The molecule has 17 heavy (non-hydrogen) atoms. The summed E-state index contributed by atoms with van der Waals surface area (Å²) in [4.78, 5) is 26.5. The topological polar surface area (TPSA) is 88.5 Å². The lowest BCUT2D eigenvalue weighted by atomic mass is 10.2. The first-order chi connectivity index (χ1) is 8.08. The Hall–Kier alpha value is -1.66. The highest BCUT2D eigenvalue weighted by molar-refractivity contribution is 6.29. The normalized spacial score (nSPS) is 11.7. The van der Waals surface area contributed by atoms with Crippen LogP contribution in [0.3, 0.4) is 0 Å². The van der Waals surface area contributed by atoms with E-state index < -0.39 is 24.5 Å². The van der Waals surface area contributed by atoms with Crippen LogP contribution < -0.4 is 5.32 Å². The third kappa shape index (κ3) is 3.69. The quantitative estimate of drug-likeness (QED) is 0.586. The highest BCUT2D eigenvalue weighted by Crippen LogP contribution is 2.05. The van der Waals surface area contributed by atoms with E-state index in [1.54, 1.807) is 0 Å². The number of ether oxygens (including phenoxy) is 1. The molecule has 1 amide bonds. The maximum atomic E-state index is 11.6. The zero-order chi connectivity index (χ0) is 12.8. The molecule has 0 aliphatic rings. The summed E-state index contributed by atoms with van der Waals surface area (Å²) < 4.78 is 4.41. The van der Waals surface area contributed by atoms with Crippen molar-refractivity contribution in [3.8, 4) is 0 Å². The Kier molecular flexibility index (Phi) is 4.86. The third-order valence-electron chi connectivity index (χ3n) is 1.96. The fourth-order valence-electron chi connectivity index (χ4n) is 1.07. The van der Waals surface area contributed by atoms with E-state index >= 15 is 0 Å². The van der Waals surface area contributed by atoms with E-state index in [9.17, 15) is 9.59 Å². The first-order valence-corrected chi connectivity index (χ1v) is 5.07. The molecule has 0 aliphatic heterocycles. The number of aromatic nitrogens is 1. The molecule has 0 aliphatic carbocycles. The van der Waals surface area contributed by atoms with E-state index in [1.165, 1.54) is 25.4 Å². The molecule has 0 radical (unpaired) electrons. The van der Waals surface area contributed by atoms with Crippen molar-refractivity contribution in [3.63, 3.8) is 0 Å². The van der Waals surface area contributed by atoms with Gasteiger partial charge in [-0.2, -0.15) is 0 Å². The molecule has 1 atom stereocenters. The maximum Gasteiger partial charge on any atom is 0.330 e. The number of aliphatic hydroxyl groups excluding tert-OH is 1. The average Bonchev–Trinajstić information content (AvgIpc) is 2.35. The van der Waals surface area contributed by atoms with E-state index in [0.29, 0.717) is 0 Å². The number of halogens is 1. The Morgan fingerprint density at radius 2 is 2.29 bits per heavy atom. The SMILES string of the molecule is COC(=O)[C@H](CO)NC(=O)c1ccc(Cl)nc1. The Labute approximate surface area is 103 Å². The summed E-state index contributed by atoms with van der Waals surface area (Å²) in [5.41, 5.74) is 0.233.